The number of hydrogen-bond acceptors (Lipinski definition) is 4. The van der Waals surface area contributed by atoms with Crippen LogP contribution in [0.25, 0.3) is 17.2 Å². The molecular formula is C14H10F3N5. The minimum atomic E-state index is -4.43. The third kappa shape index (κ3) is 2.80. The standard InChI is InChI=1S/C14H10F3N5/c1-9-6-10(14(15,16)17)8-11(7-9)22-20-13(19-21-22)12-4-2-3-5-18-12/h2-8H,1H3. The molecule has 0 saturated carbocycles. The molecule has 2 aromatic heterocycles. The molecule has 0 N–H and O–H groups in total. The van der Waals surface area contributed by atoms with Crippen molar-refractivity contribution < 1.29 is 13.2 Å². The van der Waals surface area contributed by atoms with Crippen LogP contribution in [-0.2, 0) is 6.18 Å². The van der Waals surface area contributed by atoms with Crippen molar-refractivity contribution in [3.05, 3.63) is 53.7 Å². The molecule has 0 unspecified atom stereocenters. The lowest BCUT2D eigenvalue weighted by Gasteiger charge is -2.09. The van der Waals surface area contributed by atoms with E-state index >= 15 is 0 Å². The normalized spacial score (nSPS) is 11.6. The number of aryl methyl sites for hydroxylation is 1. The van der Waals surface area contributed by atoms with E-state index in [2.05, 4.69) is 20.4 Å². The molecule has 112 valence electrons. The summed E-state index contributed by atoms with van der Waals surface area (Å²) in [6.07, 6.45) is -2.85. The molecule has 0 atom stereocenters. The molecule has 0 aliphatic rings. The number of nitrogens with zero attached hydrogens (tertiary/aromatic N) is 5. The van der Waals surface area contributed by atoms with Gasteiger partial charge in [0.05, 0.1) is 11.3 Å². The van der Waals surface area contributed by atoms with Crippen molar-refractivity contribution in [1.29, 1.82) is 0 Å². The zero-order chi connectivity index (χ0) is 15.7. The minimum absolute atomic E-state index is 0.196. The summed E-state index contributed by atoms with van der Waals surface area (Å²) in [6, 6.07) is 8.80. The summed E-state index contributed by atoms with van der Waals surface area (Å²) < 4.78 is 38.6. The Labute approximate surface area is 123 Å². The highest BCUT2D eigenvalue weighted by molar-refractivity contribution is 5.47. The van der Waals surface area contributed by atoms with Gasteiger partial charge in [0.15, 0.2) is 0 Å². The Bertz CT molecular complexity index is 796. The molecule has 0 fully saturated rings. The molecular weight excluding hydrogens is 295 g/mol. The van der Waals surface area contributed by atoms with Crippen molar-refractivity contribution in [2.75, 3.05) is 0 Å². The summed E-state index contributed by atoms with van der Waals surface area (Å²) in [7, 11) is 0. The third-order valence-corrected chi connectivity index (χ3v) is 2.93. The Morgan fingerprint density at radius 2 is 1.91 bits per heavy atom. The first-order chi connectivity index (χ1) is 10.4. The number of aromatic nitrogens is 5. The minimum Gasteiger partial charge on any atom is -0.253 e. The van der Waals surface area contributed by atoms with Crippen LogP contribution in [0.15, 0.2) is 42.6 Å². The lowest BCUT2D eigenvalue weighted by Crippen LogP contribution is -2.08. The number of hydrogen-bond donors (Lipinski definition) is 0. The summed E-state index contributed by atoms with van der Waals surface area (Å²) in [5.74, 6) is 0.246. The van der Waals surface area contributed by atoms with Crippen LogP contribution in [0.1, 0.15) is 11.1 Å². The van der Waals surface area contributed by atoms with E-state index in [4.69, 9.17) is 0 Å². The van der Waals surface area contributed by atoms with Crippen LogP contribution in [0.2, 0.25) is 0 Å². The SMILES string of the molecule is Cc1cc(-n2nnc(-c3ccccn3)n2)cc(C(F)(F)F)c1. The second-order valence-electron chi connectivity index (χ2n) is 4.67. The fourth-order valence-electron chi connectivity index (χ4n) is 1.96. The van der Waals surface area contributed by atoms with E-state index in [1.54, 1.807) is 37.4 Å². The van der Waals surface area contributed by atoms with E-state index in [0.717, 1.165) is 16.9 Å². The fraction of sp³-hybridized carbons (Fsp3) is 0.143. The van der Waals surface area contributed by atoms with Gasteiger partial charge in [-0.25, -0.2) is 0 Å². The third-order valence-electron chi connectivity index (χ3n) is 2.93. The highest BCUT2D eigenvalue weighted by Gasteiger charge is 2.31. The Hall–Kier alpha value is -2.77. The molecule has 3 aromatic rings. The van der Waals surface area contributed by atoms with E-state index in [-0.39, 0.29) is 11.5 Å². The van der Waals surface area contributed by atoms with E-state index in [0.29, 0.717) is 11.3 Å². The largest absolute Gasteiger partial charge is 0.416 e. The van der Waals surface area contributed by atoms with Crippen LogP contribution in [-0.4, -0.2) is 25.2 Å². The van der Waals surface area contributed by atoms with Crippen LogP contribution in [0.3, 0.4) is 0 Å². The first kappa shape index (κ1) is 14.2. The van der Waals surface area contributed by atoms with Gasteiger partial charge in [-0.15, -0.1) is 15.0 Å². The molecule has 0 amide bonds. The van der Waals surface area contributed by atoms with E-state index in [1.165, 1.54) is 0 Å². The van der Waals surface area contributed by atoms with Gasteiger partial charge in [-0.1, -0.05) is 6.07 Å². The number of alkyl halides is 3. The van der Waals surface area contributed by atoms with Crippen molar-refractivity contribution in [2.45, 2.75) is 13.1 Å². The number of pyridine rings is 1. The number of rotatable bonds is 2. The predicted octanol–water partition coefficient (Wildman–Crippen LogP) is 3.05. The molecule has 0 radical (unpaired) electrons. The maximum absolute atomic E-state index is 12.9. The van der Waals surface area contributed by atoms with Gasteiger partial charge >= 0.3 is 6.18 Å². The van der Waals surface area contributed by atoms with E-state index in [1.807, 2.05) is 0 Å². The van der Waals surface area contributed by atoms with Crippen LogP contribution in [0, 0.1) is 6.92 Å². The summed E-state index contributed by atoms with van der Waals surface area (Å²) >= 11 is 0. The Morgan fingerprint density at radius 1 is 1.09 bits per heavy atom. The maximum Gasteiger partial charge on any atom is 0.416 e. The van der Waals surface area contributed by atoms with Gasteiger partial charge in [0.1, 0.15) is 5.69 Å². The number of tetrazole rings is 1. The molecule has 5 nitrogen and oxygen atoms in total. The monoisotopic (exact) mass is 305 g/mol. The average molecular weight is 305 g/mol. The quantitative estimate of drug-likeness (QED) is 0.730. The summed E-state index contributed by atoms with van der Waals surface area (Å²) in [4.78, 5) is 5.13. The smallest absolute Gasteiger partial charge is 0.253 e. The Morgan fingerprint density at radius 3 is 2.59 bits per heavy atom. The van der Waals surface area contributed by atoms with Crippen molar-refractivity contribution in [3.8, 4) is 17.2 Å². The summed E-state index contributed by atoms with van der Waals surface area (Å²) in [6.45, 7) is 1.58. The Balaban J connectivity index is 2.02. The van der Waals surface area contributed by atoms with Gasteiger partial charge < -0.3 is 0 Å². The highest BCUT2D eigenvalue weighted by Crippen LogP contribution is 2.31. The predicted molar refractivity (Wildman–Crippen MR) is 72.1 cm³/mol. The fourth-order valence-corrected chi connectivity index (χ4v) is 1.96. The van der Waals surface area contributed by atoms with E-state index < -0.39 is 11.7 Å². The van der Waals surface area contributed by atoms with Gasteiger partial charge in [-0.05, 0) is 48.0 Å². The molecule has 0 spiro atoms. The molecule has 8 heteroatoms. The van der Waals surface area contributed by atoms with Gasteiger partial charge in [0, 0.05) is 6.20 Å². The van der Waals surface area contributed by atoms with Crippen molar-refractivity contribution in [1.82, 2.24) is 25.2 Å². The first-order valence-corrected chi connectivity index (χ1v) is 6.34. The van der Waals surface area contributed by atoms with Crippen LogP contribution >= 0.6 is 0 Å². The topological polar surface area (TPSA) is 56.5 Å². The zero-order valence-electron chi connectivity index (χ0n) is 11.4. The molecule has 0 aliphatic carbocycles. The van der Waals surface area contributed by atoms with Crippen molar-refractivity contribution in [2.24, 2.45) is 0 Å². The highest BCUT2D eigenvalue weighted by atomic mass is 19.4. The van der Waals surface area contributed by atoms with Crippen LogP contribution < -0.4 is 0 Å². The Kier molecular flexibility index (Phi) is 3.36. The lowest BCUT2D eigenvalue weighted by molar-refractivity contribution is -0.137. The van der Waals surface area contributed by atoms with Crippen molar-refractivity contribution in [3.63, 3.8) is 0 Å². The van der Waals surface area contributed by atoms with E-state index in [9.17, 15) is 13.2 Å². The van der Waals surface area contributed by atoms with Gasteiger partial charge in [0.2, 0.25) is 5.82 Å². The molecule has 1 aromatic carbocycles. The second kappa shape index (κ2) is 5.21. The molecule has 0 aliphatic heterocycles. The van der Waals surface area contributed by atoms with Gasteiger partial charge in [-0.3, -0.25) is 4.98 Å². The number of benzene rings is 1. The van der Waals surface area contributed by atoms with Gasteiger partial charge in [-0.2, -0.15) is 13.2 Å². The van der Waals surface area contributed by atoms with Crippen LogP contribution in [0.4, 0.5) is 13.2 Å². The molecule has 0 bridgehead atoms. The summed E-state index contributed by atoms with van der Waals surface area (Å²) in [5.41, 5.74) is 0.403. The molecule has 2 heterocycles. The lowest BCUT2D eigenvalue weighted by atomic mass is 10.1. The average Bonchev–Trinajstić information content (AvgIpc) is 2.96. The zero-order valence-corrected chi connectivity index (χ0v) is 11.4. The van der Waals surface area contributed by atoms with Gasteiger partial charge in [0.25, 0.3) is 0 Å². The van der Waals surface area contributed by atoms with Crippen molar-refractivity contribution >= 4 is 0 Å². The first-order valence-electron chi connectivity index (χ1n) is 6.34. The molecule has 22 heavy (non-hydrogen) atoms. The second-order valence-corrected chi connectivity index (χ2v) is 4.67. The maximum atomic E-state index is 12.9. The number of halogens is 3. The molecule has 3 rings (SSSR count). The molecule has 0 saturated heterocycles. The summed E-state index contributed by atoms with van der Waals surface area (Å²) in [5, 5.41) is 11.7. The van der Waals surface area contributed by atoms with Crippen LogP contribution in [0.5, 0.6) is 0 Å².